The standard InChI is InChI=1S/C45H29N3OS2/c1-2-10-26(11-3-1)43-46-44(28-21-23-40-36(25-28)31-13-5-6-18-38(31)50-40)48-45(47-43)34-17-9-15-32-35-24-27(20-22-37(35)49-41(32)34)29-14-8-16-33-30-12-4-7-19-39(30)51-42(29)33/h1-25,44-45,48H,(H,46,47). The second-order valence-electron chi connectivity index (χ2n) is 13.2. The predicted octanol–water partition coefficient (Wildman–Crippen LogP) is 12.3. The minimum atomic E-state index is -0.262. The average molecular weight is 692 g/mol. The van der Waals surface area contributed by atoms with Gasteiger partial charge < -0.3 is 9.73 Å². The van der Waals surface area contributed by atoms with Crippen LogP contribution in [0.25, 0.3) is 73.4 Å². The first-order valence-corrected chi connectivity index (χ1v) is 18.8. The normalized spacial score (nSPS) is 16.4. The molecule has 10 aromatic rings. The molecule has 0 amide bonds. The Kier molecular flexibility index (Phi) is 6.46. The zero-order chi connectivity index (χ0) is 33.5. The Balaban J connectivity index is 1.03. The summed E-state index contributed by atoms with van der Waals surface area (Å²) in [6.45, 7) is 0. The SMILES string of the molecule is c1ccc(C2=NC(c3ccc4sc5ccccc5c4c3)NC(c3cccc4c3oc3ccc(-c5cccc6c5sc5ccccc56)cc34)N2)cc1. The molecule has 4 nitrogen and oxygen atoms in total. The molecule has 0 spiro atoms. The second kappa shape index (κ2) is 11.4. The number of furan rings is 1. The summed E-state index contributed by atoms with van der Waals surface area (Å²) in [5.41, 5.74) is 7.42. The predicted molar refractivity (Wildman–Crippen MR) is 216 cm³/mol. The molecule has 2 atom stereocenters. The molecule has 2 unspecified atom stereocenters. The maximum atomic E-state index is 6.72. The number of thiophene rings is 2. The van der Waals surface area contributed by atoms with Gasteiger partial charge in [0, 0.05) is 62.2 Å². The third kappa shape index (κ3) is 4.65. The van der Waals surface area contributed by atoms with Crippen molar-refractivity contribution in [1.29, 1.82) is 0 Å². The number of aliphatic imine (C=N–C) groups is 1. The number of amidine groups is 1. The van der Waals surface area contributed by atoms with Crippen molar-refractivity contribution in [3.05, 3.63) is 168 Å². The van der Waals surface area contributed by atoms with Gasteiger partial charge in [-0.3, -0.25) is 5.32 Å². The molecule has 6 heteroatoms. The van der Waals surface area contributed by atoms with E-state index in [0.717, 1.165) is 44.5 Å². The molecule has 7 aromatic carbocycles. The quantitative estimate of drug-likeness (QED) is 0.193. The van der Waals surface area contributed by atoms with Crippen molar-refractivity contribution >= 4 is 90.8 Å². The van der Waals surface area contributed by atoms with Crippen LogP contribution >= 0.6 is 22.7 Å². The Morgan fingerprint density at radius 2 is 1.25 bits per heavy atom. The Labute approximate surface area is 301 Å². The lowest BCUT2D eigenvalue weighted by molar-refractivity contribution is 0.408. The molecular weight excluding hydrogens is 663 g/mol. The van der Waals surface area contributed by atoms with Gasteiger partial charge in [-0.15, -0.1) is 22.7 Å². The average Bonchev–Trinajstić information content (AvgIpc) is 3.89. The summed E-state index contributed by atoms with van der Waals surface area (Å²) >= 11 is 3.70. The summed E-state index contributed by atoms with van der Waals surface area (Å²) < 4.78 is 11.9. The molecule has 0 bridgehead atoms. The Morgan fingerprint density at radius 3 is 2.14 bits per heavy atom. The fourth-order valence-corrected chi connectivity index (χ4v) is 10.1. The summed E-state index contributed by atoms with van der Waals surface area (Å²) in [6, 6.07) is 54.2. The van der Waals surface area contributed by atoms with Gasteiger partial charge in [-0.2, -0.15) is 0 Å². The van der Waals surface area contributed by atoms with Crippen LogP contribution in [0.15, 0.2) is 161 Å². The molecule has 0 aliphatic carbocycles. The minimum Gasteiger partial charge on any atom is -0.456 e. The van der Waals surface area contributed by atoms with E-state index in [1.165, 1.54) is 51.5 Å². The zero-order valence-corrected chi connectivity index (χ0v) is 28.9. The third-order valence-corrected chi connectivity index (χ3v) is 12.6. The monoisotopic (exact) mass is 691 g/mol. The van der Waals surface area contributed by atoms with E-state index in [1.54, 1.807) is 0 Å². The van der Waals surface area contributed by atoms with Crippen LogP contribution in [-0.4, -0.2) is 5.84 Å². The zero-order valence-electron chi connectivity index (χ0n) is 27.3. The van der Waals surface area contributed by atoms with E-state index in [1.807, 2.05) is 28.7 Å². The third-order valence-electron chi connectivity index (χ3n) is 10.2. The molecule has 4 heterocycles. The van der Waals surface area contributed by atoms with Gasteiger partial charge in [0.2, 0.25) is 0 Å². The van der Waals surface area contributed by atoms with Gasteiger partial charge in [-0.05, 0) is 53.1 Å². The van der Waals surface area contributed by atoms with E-state index in [0.29, 0.717) is 0 Å². The second-order valence-corrected chi connectivity index (χ2v) is 15.3. The summed E-state index contributed by atoms with van der Waals surface area (Å²) in [5.74, 6) is 0.853. The highest BCUT2D eigenvalue weighted by Gasteiger charge is 2.28. The Hall–Kier alpha value is -5.79. The Morgan fingerprint density at radius 1 is 0.529 bits per heavy atom. The molecule has 3 aromatic heterocycles. The number of hydrogen-bond acceptors (Lipinski definition) is 6. The number of fused-ring (bicyclic) bond motifs is 9. The molecule has 0 saturated heterocycles. The molecule has 1 aliphatic rings. The first kappa shape index (κ1) is 29.0. The van der Waals surface area contributed by atoms with Crippen molar-refractivity contribution in [1.82, 2.24) is 10.6 Å². The van der Waals surface area contributed by atoms with E-state index in [2.05, 4.69) is 156 Å². The van der Waals surface area contributed by atoms with Crippen LogP contribution in [0.1, 0.15) is 29.0 Å². The summed E-state index contributed by atoms with van der Waals surface area (Å²) in [4.78, 5) is 5.25. The molecule has 51 heavy (non-hydrogen) atoms. The summed E-state index contributed by atoms with van der Waals surface area (Å²) in [6.07, 6.45) is -0.504. The van der Waals surface area contributed by atoms with Crippen molar-refractivity contribution in [2.24, 2.45) is 4.99 Å². The van der Waals surface area contributed by atoms with Gasteiger partial charge in [0.25, 0.3) is 0 Å². The molecule has 2 N–H and O–H groups in total. The van der Waals surface area contributed by atoms with Crippen molar-refractivity contribution < 1.29 is 4.42 Å². The lowest BCUT2D eigenvalue weighted by Crippen LogP contribution is -2.45. The lowest BCUT2D eigenvalue weighted by atomic mass is 9.99. The van der Waals surface area contributed by atoms with Crippen LogP contribution in [0.2, 0.25) is 0 Å². The van der Waals surface area contributed by atoms with Crippen molar-refractivity contribution in [2.45, 2.75) is 12.3 Å². The van der Waals surface area contributed by atoms with Gasteiger partial charge in [-0.1, -0.05) is 115 Å². The van der Waals surface area contributed by atoms with Crippen molar-refractivity contribution in [3.8, 4) is 11.1 Å². The van der Waals surface area contributed by atoms with E-state index in [4.69, 9.17) is 9.41 Å². The Bertz CT molecular complexity index is 3010. The van der Waals surface area contributed by atoms with E-state index < -0.39 is 0 Å². The van der Waals surface area contributed by atoms with Gasteiger partial charge >= 0.3 is 0 Å². The maximum Gasteiger partial charge on any atom is 0.142 e. The van der Waals surface area contributed by atoms with Crippen LogP contribution in [-0.2, 0) is 0 Å². The van der Waals surface area contributed by atoms with Crippen LogP contribution in [0.3, 0.4) is 0 Å². The number of benzene rings is 7. The first-order valence-electron chi connectivity index (χ1n) is 17.2. The van der Waals surface area contributed by atoms with Crippen molar-refractivity contribution in [2.75, 3.05) is 0 Å². The van der Waals surface area contributed by atoms with Crippen LogP contribution in [0.4, 0.5) is 0 Å². The van der Waals surface area contributed by atoms with E-state index >= 15 is 0 Å². The topological polar surface area (TPSA) is 49.6 Å². The fourth-order valence-electron chi connectivity index (χ4n) is 7.74. The highest BCUT2D eigenvalue weighted by Crippen LogP contribution is 2.42. The molecule has 242 valence electrons. The van der Waals surface area contributed by atoms with Gasteiger partial charge in [0.15, 0.2) is 0 Å². The number of nitrogens with one attached hydrogen (secondary N) is 2. The van der Waals surface area contributed by atoms with Crippen molar-refractivity contribution in [3.63, 3.8) is 0 Å². The highest BCUT2D eigenvalue weighted by molar-refractivity contribution is 7.26. The van der Waals surface area contributed by atoms with Gasteiger partial charge in [0.05, 0.1) is 0 Å². The molecule has 0 radical (unpaired) electrons. The number of hydrogen-bond donors (Lipinski definition) is 2. The fraction of sp³-hybridized carbons (Fsp3) is 0.0444. The van der Waals surface area contributed by atoms with Crippen LogP contribution < -0.4 is 10.6 Å². The van der Waals surface area contributed by atoms with Crippen LogP contribution in [0.5, 0.6) is 0 Å². The molecule has 1 aliphatic heterocycles. The highest BCUT2D eigenvalue weighted by atomic mass is 32.1. The summed E-state index contributed by atoms with van der Waals surface area (Å²) in [5, 5.41) is 15.0. The molecule has 11 rings (SSSR count). The molecule has 0 saturated carbocycles. The lowest BCUT2D eigenvalue weighted by Gasteiger charge is -2.32. The number of para-hydroxylation sites is 1. The molecule has 0 fully saturated rings. The van der Waals surface area contributed by atoms with E-state index in [-0.39, 0.29) is 12.3 Å². The van der Waals surface area contributed by atoms with Crippen LogP contribution in [0, 0.1) is 0 Å². The maximum absolute atomic E-state index is 6.72. The molecular formula is C45H29N3OS2. The number of nitrogens with zero attached hydrogens (tertiary/aromatic N) is 1. The minimum absolute atomic E-state index is 0.242. The first-order chi connectivity index (χ1) is 25.2. The van der Waals surface area contributed by atoms with Gasteiger partial charge in [-0.25, -0.2) is 4.99 Å². The van der Waals surface area contributed by atoms with E-state index in [9.17, 15) is 0 Å². The smallest absolute Gasteiger partial charge is 0.142 e. The summed E-state index contributed by atoms with van der Waals surface area (Å²) in [7, 11) is 0. The largest absolute Gasteiger partial charge is 0.456 e. The number of rotatable bonds is 4. The van der Waals surface area contributed by atoms with Gasteiger partial charge in [0.1, 0.15) is 29.3 Å².